The maximum Gasteiger partial charge on any atom is 0.137 e. The van der Waals surface area contributed by atoms with Gasteiger partial charge in [0, 0.05) is 30.9 Å². The average molecular weight is 245 g/mol. The van der Waals surface area contributed by atoms with Gasteiger partial charge in [0.2, 0.25) is 0 Å². The van der Waals surface area contributed by atoms with Crippen molar-refractivity contribution in [3.63, 3.8) is 0 Å². The van der Waals surface area contributed by atoms with Gasteiger partial charge in [0.05, 0.1) is 5.60 Å². The van der Waals surface area contributed by atoms with Crippen LogP contribution in [0.15, 0.2) is 24.5 Å². The van der Waals surface area contributed by atoms with E-state index in [1.165, 1.54) is 5.56 Å². The highest BCUT2D eigenvalue weighted by Crippen LogP contribution is 2.28. The van der Waals surface area contributed by atoms with Gasteiger partial charge in [0.1, 0.15) is 5.65 Å². The number of pyridine rings is 1. The smallest absolute Gasteiger partial charge is 0.137 e. The zero-order valence-electron chi connectivity index (χ0n) is 10.4. The first-order chi connectivity index (χ1) is 8.77. The second-order valence-corrected chi connectivity index (χ2v) is 5.25. The Bertz CT molecular complexity index is 529. The summed E-state index contributed by atoms with van der Waals surface area (Å²) in [5.41, 5.74) is 1.65. The van der Waals surface area contributed by atoms with Crippen LogP contribution in [-0.2, 0) is 6.54 Å². The zero-order chi connectivity index (χ0) is 12.4. The largest absolute Gasteiger partial charge is 0.389 e. The standard InChI is InChI=1S/C14H19N3O/c18-14(5-1-2-6-14)10-15-8-11-9-17-13-12(11)4-3-7-16-13/h3-4,7,9,15,18H,1-2,5-6,8,10H2,(H,16,17). The van der Waals surface area contributed by atoms with Gasteiger partial charge in [-0.05, 0) is 30.5 Å². The fourth-order valence-corrected chi connectivity index (χ4v) is 2.80. The lowest BCUT2D eigenvalue weighted by molar-refractivity contribution is 0.0475. The van der Waals surface area contributed by atoms with Crippen molar-refractivity contribution < 1.29 is 5.11 Å². The molecule has 0 spiro atoms. The van der Waals surface area contributed by atoms with E-state index < -0.39 is 5.60 Å². The van der Waals surface area contributed by atoms with Crippen LogP contribution in [0.5, 0.6) is 0 Å². The summed E-state index contributed by atoms with van der Waals surface area (Å²) in [5.74, 6) is 0. The van der Waals surface area contributed by atoms with Gasteiger partial charge in [-0.1, -0.05) is 12.8 Å². The molecule has 1 fully saturated rings. The molecular formula is C14H19N3O. The van der Waals surface area contributed by atoms with E-state index in [0.29, 0.717) is 6.54 Å². The van der Waals surface area contributed by atoms with Crippen LogP contribution in [0.1, 0.15) is 31.2 Å². The number of rotatable bonds is 4. The molecule has 0 amide bonds. The SMILES string of the molecule is OC1(CNCc2c[nH]c3ncccc23)CCCC1. The number of H-pyrrole nitrogens is 1. The van der Waals surface area contributed by atoms with E-state index in [-0.39, 0.29) is 0 Å². The van der Waals surface area contributed by atoms with Crippen molar-refractivity contribution in [3.05, 3.63) is 30.1 Å². The first kappa shape index (κ1) is 11.7. The van der Waals surface area contributed by atoms with Crippen LogP contribution in [-0.4, -0.2) is 27.2 Å². The number of aliphatic hydroxyl groups is 1. The molecule has 0 unspecified atom stereocenters. The number of aromatic nitrogens is 2. The Hall–Kier alpha value is -1.39. The molecule has 2 heterocycles. The molecule has 1 aliphatic rings. The fraction of sp³-hybridized carbons (Fsp3) is 0.500. The third-order valence-electron chi connectivity index (χ3n) is 3.84. The number of fused-ring (bicyclic) bond motifs is 1. The van der Waals surface area contributed by atoms with Crippen molar-refractivity contribution in [2.45, 2.75) is 37.8 Å². The van der Waals surface area contributed by atoms with Crippen LogP contribution in [0.2, 0.25) is 0 Å². The summed E-state index contributed by atoms with van der Waals surface area (Å²) in [6.45, 7) is 1.45. The molecule has 0 atom stereocenters. The third-order valence-corrected chi connectivity index (χ3v) is 3.84. The molecule has 0 bridgehead atoms. The van der Waals surface area contributed by atoms with Crippen LogP contribution in [0.4, 0.5) is 0 Å². The summed E-state index contributed by atoms with van der Waals surface area (Å²) in [5, 5.41) is 14.8. The normalized spacial score (nSPS) is 18.5. The Morgan fingerprint density at radius 1 is 1.39 bits per heavy atom. The Balaban J connectivity index is 1.63. The second-order valence-electron chi connectivity index (χ2n) is 5.25. The van der Waals surface area contributed by atoms with Crippen molar-refractivity contribution in [2.75, 3.05) is 6.54 Å². The van der Waals surface area contributed by atoms with E-state index >= 15 is 0 Å². The summed E-state index contributed by atoms with van der Waals surface area (Å²) in [7, 11) is 0. The molecule has 1 aliphatic carbocycles. The van der Waals surface area contributed by atoms with Crippen molar-refractivity contribution >= 4 is 11.0 Å². The van der Waals surface area contributed by atoms with Gasteiger partial charge in [-0.3, -0.25) is 0 Å². The maximum absolute atomic E-state index is 10.3. The summed E-state index contributed by atoms with van der Waals surface area (Å²) >= 11 is 0. The number of hydrogen-bond acceptors (Lipinski definition) is 3. The van der Waals surface area contributed by atoms with E-state index in [1.807, 2.05) is 12.3 Å². The highest BCUT2D eigenvalue weighted by molar-refractivity contribution is 5.79. The van der Waals surface area contributed by atoms with Gasteiger partial charge in [0.15, 0.2) is 0 Å². The summed E-state index contributed by atoms with van der Waals surface area (Å²) < 4.78 is 0. The quantitative estimate of drug-likeness (QED) is 0.771. The van der Waals surface area contributed by atoms with Gasteiger partial charge in [-0.15, -0.1) is 0 Å². The predicted molar refractivity (Wildman–Crippen MR) is 71.2 cm³/mol. The van der Waals surface area contributed by atoms with Crippen LogP contribution in [0.3, 0.4) is 0 Å². The highest BCUT2D eigenvalue weighted by atomic mass is 16.3. The molecule has 3 N–H and O–H groups in total. The van der Waals surface area contributed by atoms with Crippen molar-refractivity contribution in [1.29, 1.82) is 0 Å². The minimum atomic E-state index is -0.482. The maximum atomic E-state index is 10.3. The van der Waals surface area contributed by atoms with Crippen LogP contribution >= 0.6 is 0 Å². The topological polar surface area (TPSA) is 60.9 Å². The average Bonchev–Trinajstić information content (AvgIpc) is 2.97. The molecular weight excluding hydrogens is 226 g/mol. The second kappa shape index (κ2) is 4.71. The summed E-state index contributed by atoms with van der Waals surface area (Å²) in [6, 6.07) is 4.02. The van der Waals surface area contributed by atoms with E-state index in [4.69, 9.17) is 0 Å². The summed E-state index contributed by atoms with van der Waals surface area (Å²) in [4.78, 5) is 7.43. The van der Waals surface area contributed by atoms with Crippen molar-refractivity contribution in [2.24, 2.45) is 0 Å². The molecule has 4 nitrogen and oxygen atoms in total. The van der Waals surface area contributed by atoms with Crippen molar-refractivity contribution in [1.82, 2.24) is 15.3 Å². The van der Waals surface area contributed by atoms with Gasteiger partial charge in [-0.2, -0.15) is 0 Å². The molecule has 2 aromatic heterocycles. The molecule has 0 saturated heterocycles. The Morgan fingerprint density at radius 2 is 2.22 bits per heavy atom. The lowest BCUT2D eigenvalue weighted by atomic mass is 10.0. The Labute approximate surface area is 106 Å². The first-order valence-electron chi connectivity index (χ1n) is 6.61. The monoisotopic (exact) mass is 245 g/mol. The highest BCUT2D eigenvalue weighted by Gasteiger charge is 2.30. The molecule has 0 aliphatic heterocycles. The molecule has 2 aromatic rings. The molecule has 0 radical (unpaired) electrons. The van der Waals surface area contributed by atoms with Crippen molar-refractivity contribution in [3.8, 4) is 0 Å². The van der Waals surface area contributed by atoms with Gasteiger partial charge in [-0.25, -0.2) is 4.98 Å². The lowest BCUT2D eigenvalue weighted by Gasteiger charge is -2.22. The van der Waals surface area contributed by atoms with Gasteiger partial charge in [0.25, 0.3) is 0 Å². The minimum Gasteiger partial charge on any atom is -0.389 e. The summed E-state index contributed by atoms with van der Waals surface area (Å²) in [6.07, 6.45) is 7.93. The molecule has 18 heavy (non-hydrogen) atoms. The van der Waals surface area contributed by atoms with E-state index in [0.717, 1.165) is 43.3 Å². The molecule has 0 aromatic carbocycles. The van der Waals surface area contributed by atoms with E-state index in [2.05, 4.69) is 21.4 Å². The fourth-order valence-electron chi connectivity index (χ4n) is 2.80. The van der Waals surface area contributed by atoms with E-state index in [9.17, 15) is 5.11 Å². The predicted octanol–water partition coefficient (Wildman–Crippen LogP) is 1.96. The first-order valence-corrected chi connectivity index (χ1v) is 6.61. The Kier molecular flexibility index (Phi) is 3.06. The Morgan fingerprint density at radius 3 is 3.06 bits per heavy atom. The number of hydrogen-bond donors (Lipinski definition) is 3. The van der Waals surface area contributed by atoms with Gasteiger partial charge < -0.3 is 15.4 Å². The minimum absolute atomic E-state index is 0.482. The molecule has 3 rings (SSSR count). The van der Waals surface area contributed by atoms with Gasteiger partial charge >= 0.3 is 0 Å². The third kappa shape index (κ3) is 2.26. The number of nitrogens with one attached hydrogen (secondary N) is 2. The zero-order valence-corrected chi connectivity index (χ0v) is 10.4. The number of aromatic amines is 1. The molecule has 1 saturated carbocycles. The van der Waals surface area contributed by atoms with Crippen LogP contribution < -0.4 is 5.32 Å². The van der Waals surface area contributed by atoms with E-state index in [1.54, 1.807) is 6.20 Å². The number of nitrogens with zero attached hydrogens (tertiary/aromatic N) is 1. The lowest BCUT2D eigenvalue weighted by Crippen LogP contribution is -2.37. The van der Waals surface area contributed by atoms with Crippen LogP contribution in [0.25, 0.3) is 11.0 Å². The van der Waals surface area contributed by atoms with Crippen LogP contribution in [0, 0.1) is 0 Å². The molecule has 4 heteroatoms. The molecule has 96 valence electrons.